The van der Waals surface area contributed by atoms with E-state index in [1.165, 1.54) is 154 Å². The van der Waals surface area contributed by atoms with Crippen LogP contribution in [0.4, 0.5) is 4.79 Å². The van der Waals surface area contributed by atoms with Crippen molar-refractivity contribution in [2.45, 2.75) is 252 Å². The Labute approximate surface area is 323 Å². The number of unbranched alkanes of at least 4 members (excludes halogenated alkanes) is 30. The van der Waals surface area contributed by atoms with Crippen molar-refractivity contribution in [3.63, 3.8) is 0 Å². The maximum atomic E-state index is 12.7. The number of carbonyl (C=O) groups excluding carboxylic acids is 3. The fraction of sp³-hybridized carbons (Fsp3) is 0.933. The number of rotatable bonds is 41. The molecular formula is C45H88N2O5. The van der Waals surface area contributed by atoms with Crippen molar-refractivity contribution in [3.8, 4) is 0 Å². The fourth-order valence-corrected chi connectivity index (χ4v) is 6.79. The molecule has 0 aromatic heterocycles. The molecule has 0 saturated carbocycles. The van der Waals surface area contributed by atoms with Gasteiger partial charge < -0.3 is 20.1 Å². The van der Waals surface area contributed by atoms with Gasteiger partial charge in [0.1, 0.15) is 13.2 Å². The van der Waals surface area contributed by atoms with Crippen LogP contribution in [0.15, 0.2) is 0 Å². The summed E-state index contributed by atoms with van der Waals surface area (Å²) in [6, 6.07) is -0.546. The Morgan fingerprint density at radius 1 is 0.404 bits per heavy atom. The van der Waals surface area contributed by atoms with E-state index in [0.29, 0.717) is 19.4 Å². The van der Waals surface area contributed by atoms with Gasteiger partial charge in [0, 0.05) is 19.4 Å². The third-order valence-corrected chi connectivity index (χ3v) is 10.3. The average molecular weight is 737 g/mol. The molecule has 2 N–H and O–H groups in total. The van der Waals surface area contributed by atoms with Gasteiger partial charge in [0.2, 0.25) is 5.91 Å². The lowest BCUT2D eigenvalue weighted by Crippen LogP contribution is -2.43. The van der Waals surface area contributed by atoms with E-state index in [1.807, 2.05) is 0 Å². The molecule has 0 spiro atoms. The lowest BCUT2D eigenvalue weighted by atomic mass is 10.0. The minimum atomic E-state index is -0.546. The van der Waals surface area contributed by atoms with Gasteiger partial charge >= 0.3 is 12.1 Å². The van der Waals surface area contributed by atoms with E-state index in [2.05, 4.69) is 31.4 Å². The predicted molar refractivity (Wildman–Crippen MR) is 221 cm³/mol. The van der Waals surface area contributed by atoms with Crippen LogP contribution in [0.2, 0.25) is 0 Å². The third-order valence-electron chi connectivity index (χ3n) is 10.3. The molecule has 0 aromatic rings. The molecule has 52 heavy (non-hydrogen) atoms. The standard InChI is InChI=1S/C45H88N2O5/c1-4-7-10-12-14-16-18-20-22-24-26-28-30-32-34-37-43(48)47-42(41-52-45(50)46-39-36-9-6-3)40-51-44(49)38-35-33-31-29-27-25-23-21-19-17-15-13-11-8-5-2/h42H,4-41H2,1-3H3,(H,46,50)(H,47,48). The second-order valence-electron chi connectivity index (χ2n) is 15.6. The number of amides is 2. The second kappa shape index (κ2) is 42.0. The molecule has 0 aliphatic rings. The molecule has 7 heteroatoms. The molecule has 0 aromatic carbocycles. The first kappa shape index (κ1) is 50.2. The topological polar surface area (TPSA) is 93.7 Å². The molecule has 0 aliphatic heterocycles. The normalized spacial score (nSPS) is 11.8. The van der Waals surface area contributed by atoms with Crippen LogP contribution in [0.25, 0.3) is 0 Å². The van der Waals surface area contributed by atoms with Crippen LogP contribution >= 0.6 is 0 Å². The highest BCUT2D eigenvalue weighted by atomic mass is 16.6. The minimum absolute atomic E-state index is 0.0174. The molecule has 0 fully saturated rings. The van der Waals surface area contributed by atoms with Crippen molar-refractivity contribution in [2.24, 2.45) is 0 Å². The lowest BCUT2D eigenvalue weighted by Gasteiger charge is -2.19. The molecule has 0 aliphatic carbocycles. The highest BCUT2D eigenvalue weighted by molar-refractivity contribution is 5.76. The monoisotopic (exact) mass is 737 g/mol. The van der Waals surface area contributed by atoms with Crippen LogP contribution in [0.5, 0.6) is 0 Å². The summed E-state index contributed by atoms with van der Waals surface area (Å²) < 4.78 is 10.9. The summed E-state index contributed by atoms with van der Waals surface area (Å²) in [5.41, 5.74) is 0. The Balaban J connectivity index is 4.11. The maximum absolute atomic E-state index is 12.7. The fourth-order valence-electron chi connectivity index (χ4n) is 6.79. The summed E-state index contributed by atoms with van der Waals surface area (Å²) in [5.74, 6) is -0.328. The van der Waals surface area contributed by atoms with Gasteiger partial charge in [-0.3, -0.25) is 9.59 Å². The highest BCUT2D eigenvalue weighted by Gasteiger charge is 2.17. The first-order chi connectivity index (χ1) is 25.5. The quantitative estimate of drug-likeness (QED) is 0.0481. The summed E-state index contributed by atoms with van der Waals surface area (Å²) in [7, 11) is 0. The zero-order chi connectivity index (χ0) is 38.0. The Hall–Kier alpha value is -1.79. The number of esters is 1. The Morgan fingerprint density at radius 3 is 1.13 bits per heavy atom. The highest BCUT2D eigenvalue weighted by Crippen LogP contribution is 2.15. The van der Waals surface area contributed by atoms with Crippen LogP contribution in [0.3, 0.4) is 0 Å². The smallest absolute Gasteiger partial charge is 0.407 e. The predicted octanol–water partition coefficient (Wildman–Crippen LogP) is 13.5. The molecule has 1 unspecified atom stereocenters. The number of alkyl carbamates (subject to hydrolysis) is 1. The molecule has 2 amide bonds. The van der Waals surface area contributed by atoms with E-state index in [1.54, 1.807) is 0 Å². The number of hydrogen-bond donors (Lipinski definition) is 2. The first-order valence-electron chi connectivity index (χ1n) is 22.9. The van der Waals surface area contributed by atoms with Crippen LogP contribution in [-0.2, 0) is 19.1 Å². The van der Waals surface area contributed by atoms with Crippen LogP contribution < -0.4 is 10.6 Å². The summed E-state index contributed by atoms with van der Waals surface area (Å²) >= 11 is 0. The maximum Gasteiger partial charge on any atom is 0.407 e. The summed E-state index contributed by atoms with van der Waals surface area (Å²) in [4.78, 5) is 37.4. The van der Waals surface area contributed by atoms with E-state index in [0.717, 1.165) is 57.8 Å². The van der Waals surface area contributed by atoms with Crippen molar-refractivity contribution in [2.75, 3.05) is 19.8 Å². The van der Waals surface area contributed by atoms with Gasteiger partial charge in [0.15, 0.2) is 0 Å². The van der Waals surface area contributed by atoms with Gasteiger partial charge in [-0.05, 0) is 19.3 Å². The number of nitrogens with one attached hydrogen (secondary N) is 2. The zero-order valence-corrected chi connectivity index (χ0v) is 35.0. The molecule has 0 heterocycles. The Bertz CT molecular complexity index is 777. The van der Waals surface area contributed by atoms with Crippen molar-refractivity contribution in [3.05, 3.63) is 0 Å². The summed E-state index contributed by atoms with van der Waals surface area (Å²) in [5, 5.41) is 5.72. The van der Waals surface area contributed by atoms with E-state index in [4.69, 9.17) is 9.47 Å². The van der Waals surface area contributed by atoms with Crippen molar-refractivity contribution < 1.29 is 23.9 Å². The SMILES string of the molecule is CCCCCCCCCCCCCCCCCC(=O)NC(COC(=O)CCCCCCCCCCCCCCCCC)COC(=O)NCCCCC. The van der Waals surface area contributed by atoms with E-state index in [-0.39, 0.29) is 25.1 Å². The number of ether oxygens (including phenoxy) is 2. The molecule has 0 saturated heterocycles. The van der Waals surface area contributed by atoms with Gasteiger partial charge in [-0.15, -0.1) is 0 Å². The van der Waals surface area contributed by atoms with E-state index in [9.17, 15) is 14.4 Å². The first-order valence-corrected chi connectivity index (χ1v) is 22.9. The van der Waals surface area contributed by atoms with Gasteiger partial charge in [-0.25, -0.2) is 4.79 Å². The second-order valence-corrected chi connectivity index (χ2v) is 15.6. The molecule has 308 valence electrons. The molecule has 1 atom stereocenters. The largest absolute Gasteiger partial charge is 0.463 e. The van der Waals surface area contributed by atoms with Gasteiger partial charge in [0.25, 0.3) is 0 Å². The van der Waals surface area contributed by atoms with Crippen LogP contribution in [-0.4, -0.2) is 43.8 Å². The average Bonchev–Trinajstić information content (AvgIpc) is 3.14. The molecule has 0 rings (SSSR count). The Kier molecular flexibility index (Phi) is 40.5. The van der Waals surface area contributed by atoms with Gasteiger partial charge in [-0.1, -0.05) is 213 Å². The van der Waals surface area contributed by atoms with Gasteiger partial charge in [0.05, 0.1) is 6.04 Å². The molecular weight excluding hydrogens is 649 g/mol. The summed E-state index contributed by atoms with van der Waals surface area (Å²) in [6.07, 6.45) is 41.9. The van der Waals surface area contributed by atoms with E-state index >= 15 is 0 Å². The summed E-state index contributed by atoms with van der Waals surface area (Å²) in [6.45, 7) is 7.23. The van der Waals surface area contributed by atoms with Crippen molar-refractivity contribution >= 4 is 18.0 Å². The van der Waals surface area contributed by atoms with Crippen LogP contribution in [0, 0.1) is 0 Å². The van der Waals surface area contributed by atoms with Crippen molar-refractivity contribution in [1.82, 2.24) is 10.6 Å². The Morgan fingerprint density at radius 2 is 0.731 bits per heavy atom. The lowest BCUT2D eigenvalue weighted by molar-refractivity contribution is -0.145. The third kappa shape index (κ3) is 39.4. The molecule has 0 radical (unpaired) electrons. The van der Waals surface area contributed by atoms with E-state index < -0.39 is 12.1 Å². The molecule has 7 nitrogen and oxygen atoms in total. The van der Waals surface area contributed by atoms with Gasteiger partial charge in [-0.2, -0.15) is 0 Å². The van der Waals surface area contributed by atoms with Crippen molar-refractivity contribution in [1.29, 1.82) is 0 Å². The minimum Gasteiger partial charge on any atom is -0.463 e. The van der Waals surface area contributed by atoms with Crippen LogP contribution in [0.1, 0.15) is 245 Å². The zero-order valence-electron chi connectivity index (χ0n) is 35.0. The number of carbonyl (C=O) groups is 3. The number of hydrogen-bond acceptors (Lipinski definition) is 5. The molecule has 0 bridgehead atoms.